The van der Waals surface area contributed by atoms with Gasteiger partial charge in [-0.15, -0.1) is 0 Å². The Hall–Kier alpha value is -2.38. The molecule has 136 valence electrons. The predicted octanol–water partition coefficient (Wildman–Crippen LogP) is 2.53. The zero-order valence-electron chi connectivity index (χ0n) is 14.1. The molecule has 1 N–H and O–H groups in total. The second-order valence-corrected chi connectivity index (χ2v) is 8.27. The van der Waals surface area contributed by atoms with Crippen LogP contribution >= 0.6 is 0 Å². The van der Waals surface area contributed by atoms with Crippen LogP contribution in [-0.2, 0) is 16.4 Å². The van der Waals surface area contributed by atoms with Crippen LogP contribution in [0.25, 0.3) is 0 Å². The summed E-state index contributed by atoms with van der Waals surface area (Å²) < 4.78 is 38.0. The van der Waals surface area contributed by atoms with Gasteiger partial charge in [0.15, 0.2) is 17.3 Å². The molecule has 26 heavy (non-hydrogen) atoms. The number of rotatable bonds is 7. The van der Waals surface area contributed by atoms with E-state index in [4.69, 9.17) is 9.47 Å². The zero-order valence-corrected chi connectivity index (χ0v) is 14.9. The monoisotopic (exact) mass is 373 g/mol. The number of benzene rings is 2. The Morgan fingerprint density at radius 1 is 1.04 bits per heavy atom. The molecule has 0 saturated heterocycles. The number of nitrogens with one attached hydrogen (secondary N) is 1. The SMILES string of the molecule is O=C(c1ccc(S(=O)(=O)NCCc2ccc3c(c2)OCO3)cc1)C1CC1. The van der Waals surface area contributed by atoms with Gasteiger partial charge < -0.3 is 9.47 Å². The van der Waals surface area contributed by atoms with Gasteiger partial charge in [0.25, 0.3) is 0 Å². The van der Waals surface area contributed by atoms with Crippen molar-refractivity contribution >= 4 is 15.8 Å². The van der Waals surface area contributed by atoms with E-state index in [1.165, 1.54) is 12.1 Å². The number of carbonyl (C=O) groups excluding carboxylic acids is 1. The van der Waals surface area contributed by atoms with Gasteiger partial charge in [0.2, 0.25) is 16.8 Å². The number of carbonyl (C=O) groups is 1. The van der Waals surface area contributed by atoms with Crippen LogP contribution in [0.4, 0.5) is 0 Å². The topological polar surface area (TPSA) is 81.7 Å². The molecule has 1 aliphatic carbocycles. The first-order valence-electron chi connectivity index (χ1n) is 8.55. The van der Waals surface area contributed by atoms with Gasteiger partial charge in [-0.05, 0) is 49.1 Å². The van der Waals surface area contributed by atoms with Crippen LogP contribution in [0.2, 0.25) is 0 Å². The fourth-order valence-corrected chi connectivity index (χ4v) is 3.92. The first kappa shape index (κ1) is 17.1. The Morgan fingerprint density at radius 2 is 1.77 bits per heavy atom. The van der Waals surface area contributed by atoms with Crippen LogP contribution in [0.1, 0.15) is 28.8 Å². The highest BCUT2D eigenvalue weighted by Gasteiger charge is 2.30. The van der Waals surface area contributed by atoms with E-state index in [0.717, 1.165) is 18.4 Å². The van der Waals surface area contributed by atoms with E-state index in [0.29, 0.717) is 23.5 Å². The Balaban J connectivity index is 1.37. The Bertz CT molecular complexity index is 933. The molecule has 1 heterocycles. The zero-order chi connectivity index (χ0) is 18.1. The van der Waals surface area contributed by atoms with Crippen LogP contribution in [0, 0.1) is 5.92 Å². The van der Waals surface area contributed by atoms with E-state index in [1.54, 1.807) is 12.1 Å². The molecule has 2 aromatic rings. The molecule has 0 aromatic heterocycles. The quantitative estimate of drug-likeness (QED) is 0.754. The minimum atomic E-state index is -3.61. The molecule has 0 atom stereocenters. The van der Waals surface area contributed by atoms with Gasteiger partial charge in [0.05, 0.1) is 4.90 Å². The summed E-state index contributed by atoms with van der Waals surface area (Å²) >= 11 is 0. The maximum Gasteiger partial charge on any atom is 0.240 e. The molecular formula is C19H19NO5S. The lowest BCUT2D eigenvalue weighted by molar-refractivity contribution is 0.0967. The number of Topliss-reactive ketones (excluding diaryl/α,β-unsaturated/α-hetero) is 1. The molecule has 2 aromatic carbocycles. The summed E-state index contributed by atoms with van der Waals surface area (Å²) in [5.41, 5.74) is 1.54. The van der Waals surface area contributed by atoms with Crippen LogP contribution in [0.3, 0.4) is 0 Å². The van der Waals surface area contributed by atoms with Crippen LogP contribution in [0.15, 0.2) is 47.4 Å². The van der Waals surface area contributed by atoms with E-state index >= 15 is 0 Å². The van der Waals surface area contributed by atoms with Crippen molar-refractivity contribution in [1.29, 1.82) is 0 Å². The van der Waals surface area contributed by atoms with E-state index in [9.17, 15) is 13.2 Å². The van der Waals surface area contributed by atoms with E-state index in [2.05, 4.69) is 4.72 Å². The number of fused-ring (bicyclic) bond motifs is 1. The van der Waals surface area contributed by atoms with Gasteiger partial charge in [-0.25, -0.2) is 13.1 Å². The highest BCUT2D eigenvalue weighted by atomic mass is 32.2. The second-order valence-electron chi connectivity index (χ2n) is 6.50. The molecule has 4 rings (SSSR count). The second kappa shape index (κ2) is 6.74. The molecule has 0 amide bonds. The number of sulfonamides is 1. The molecule has 1 saturated carbocycles. The molecular weight excluding hydrogens is 354 g/mol. The number of ketones is 1. The van der Waals surface area contributed by atoms with E-state index in [-0.39, 0.29) is 29.9 Å². The maximum atomic E-state index is 12.4. The summed E-state index contributed by atoms with van der Waals surface area (Å²) in [6.07, 6.45) is 2.40. The number of ether oxygens (including phenoxy) is 2. The van der Waals surface area contributed by atoms with Gasteiger partial charge in [-0.1, -0.05) is 18.2 Å². The molecule has 0 bridgehead atoms. The van der Waals surface area contributed by atoms with Gasteiger partial charge in [0, 0.05) is 18.0 Å². The Labute approximate surface area is 152 Å². The van der Waals surface area contributed by atoms with Crippen molar-refractivity contribution < 1.29 is 22.7 Å². The fourth-order valence-electron chi connectivity index (χ4n) is 2.89. The van der Waals surface area contributed by atoms with Crippen LogP contribution < -0.4 is 14.2 Å². The Kier molecular flexibility index (Phi) is 4.42. The molecule has 7 heteroatoms. The average Bonchev–Trinajstić information content (AvgIpc) is 3.39. The lowest BCUT2D eigenvalue weighted by Gasteiger charge is -2.08. The van der Waals surface area contributed by atoms with Gasteiger partial charge in [-0.2, -0.15) is 0 Å². The van der Waals surface area contributed by atoms with Crippen LogP contribution in [-0.4, -0.2) is 27.5 Å². The highest BCUT2D eigenvalue weighted by molar-refractivity contribution is 7.89. The third kappa shape index (κ3) is 3.59. The van der Waals surface area contributed by atoms with Crippen molar-refractivity contribution in [3.05, 3.63) is 53.6 Å². The van der Waals surface area contributed by atoms with Gasteiger partial charge in [-0.3, -0.25) is 4.79 Å². The van der Waals surface area contributed by atoms with Gasteiger partial charge in [0.1, 0.15) is 0 Å². The summed E-state index contributed by atoms with van der Waals surface area (Å²) in [7, 11) is -3.61. The lowest BCUT2D eigenvalue weighted by Crippen LogP contribution is -2.26. The number of hydrogen-bond acceptors (Lipinski definition) is 5. The Morgan fingerprint density at radius 3 is 2.50 bits per heavy atom. The molecule has 1 aliphatic heterocycles. The minimum Gasteiger partial charge on any atom is -0.454 e. The lowest BCUT2D eigenvalue weighted by atomic mass is 10.1. The standard InChI is InChI=1S/C19H19NO5S/c21-19(14-2-3-14)15-4-6-16(7-5-15)26(22,23)20-10-9-13-1-8-17-18(11-13)25-12-24-17/h1,4-8,11,14,20H,2-3,9-10,12H2. The predicted molar refractivity (Wildman–Crippen MR) is 95.0 cm³/mol. The first-order chi connectivity index (χ1) is 12.5. The minimum absolute atomic E-state index is 0.102. The first-order valence-corrected chi connectivity index (χ1v) is 10.0. The highest BCUT2D eigenvalue weighted by Crippen LogP contribution is 2.33. The summed E-state index contributed by atoms with van der Waals surface area (Å²) in [5.74, 6) is 1.61. The molecule has 0 unspecified atom stereocenters. The van der Waals surface area contributed by atoms with Crippen molar-refractivity contribution in [1.82, 2.24) is 4.72 Å². The maximum absolute atomic E-state index is 12.4. The summed E-state index contributed by atoms with van der Waals surface area (Å²) in [5, 5.41) is 0. The van der Waals surface area contributed by atoms with Crippen molar-refractivity contribution in [3.63, 3.8) is 0 Å². The number of hydrogen-bond donors (Lipinski definition) is 1. The van der Waals surface area contributed by atoms with Crippen molar-refractivity contribution in [2.24, 2.45) is 5.92 Å². The largest absolute Gasteiger partial charge is 0.454 e. The van der Waals surface area contributed by atoms with E-state index in [1.807, 2.05) is 18.2 Å². The molecule has 2 aliphatic rings. The fraction of sp³-hybridized carbons (Fsp3) is 0.316. The third-order valence-electron chi connectivity index (χ3n) is 4.54. The van der Waals surface area contributed by atoms with Crippen molar-refractivity contribution in [2.75, 3.05) is 13.3 Å². The van der Waals surface area contributed by atoms with E-state index < -0.39 is 10.0 Å². The molecule has 6 nitrogen and oxygen atoms in total. The third-order valence-corrected chi connectivity index (χ3v) is 6.02. The van der Waals surface area contributed by atoms with Gasteiger partial charge >= 0.3 is 0 Å². The summed E-state index contributed by atoms with van der Waals surface area (Å²) in [6.45, 7) is 0.482. The van der Waals surface area contributed by atoms with Crippen molar-refractivity contribution in [2.45, 2.75) is 24.2 Å². The molecule has 0 radical (unpaired) electrons. The van der Waals surface area contributed by atoms with Crippen molar-refractivity contribution in [3.8, 4) is 11.5 Å². The summed E-state index contributed by atoms with van der Waals surface area (Å²) in [6, 6.07) is 11.7. The van der Waals surface area contributed by atoms with Crippen LogP contribution in [0.5, 0.6) is 11.5 Å². The average molecular weight is 373 g/mol. The summed E-state index contributed by atoms with van der Waals surface area (Å²) in [4.78, 5) is 12.2. The smallest absolute Gasteiger partial charge is 0.240 e. The molecule has 0 spiro atoms. The normalized spacial score (nSPS) is 15.8. The molecule has 1 fully saturated rings.